The highest BCUT2D eigenvalue weighted by Crippen LogP contribution is 2.20. The number of nitrogens with one attached hydrogen (secondary N) is 1. The molecule has 2 aromatic carbocycles. The third-order valence-corrected chi connectivity index (χ3v) is 4.47. The van der Waals surface area contributed by atoms with Gasteiger partial charge in [-0.25, -0.2) is 4.83 Å². The largest absolute Gasteiger partial charge is 0.507 e. The number of sulfonamides is 1. The van der Waals surface area contributed by atoms with Crippen LogP contribution in [0.2, 0.25) is 5.02 Å². The van der Waals surface area contributed by atoms with Gasteiger partial charge in [-0.2, -0.15) is 13.5 Å². The third kappa shape index (κ3) is 4.20. The van der Waals surface area contributed by atoms with Gasteiger partial charge in [-0.3, -0.25) is 0 Å². The molecule has 0 aliphatic rings. The van der Waals surface area contributed by atoms with Gasteiger partial charge in [0.2, 0.25) is 0 Å². The molecular weight excluding hydrogens is 380 g/mol. The van der Waals surface area contributed by atoms with Crippen LogP contribution < -0.4 is 4.83 Å². The lowest BCUT2D eigenvalue weighted by molar-refractivity contribution is 0.474. The van der Waals surface area contributed by atoms with Gasteiger partial charge in [0.1, 0.15) is 5.75 Å². The number of nitrogens with zero attached hydrogens (tertiary/aromatic N) is 1. The van der Waals surface area contributed by atoms with Crippen molar-refractivity contribution in [2.75, 3.05) is 0 Å². The van der Waals surface area contributed by atoms with Crippen LogP contribution in [0.3, 0.4) is 0 Å². The van der Waals surface area contributed by atoms with Crippen molar-refractivity contribution in [2.24, 2.45) is 5.10 Å². The van der Waals surface area contributed by atoms with Gasteiger partial charge in [0.05, 0.1) is 11.1 Å². The molecule has 0 aromatic heterocycles. The lowest BCUT2D eigenvalue weighted by atomic mass is 10.2. The minimum atomic E-state index is -3.77. The summed E-state index contributed by atoms with van der Waals surface area (Å²) in [6.45, 7) is 0. The number of phenolic OH excluding ortho intramolecular Hbond substituents is 1. The summed E-state index contributed by atoms with van der Waals surface area (Å²) in [5, 5.41) is 13.7. The van der Waals surface area contributed by atoms with Crippen molar-refractivity contribution < 1.29 is 13.5 Å². The summed E-state index contributed by atoms with van der Waals surface area (Å²) in [7, 11) is -3.77. The molecule has 0 aliphatic carbocycles. The van der Waals surface area contributed by atoms with E-state index in [1.807, 2.05) is 0 Å². The Morgan fingerprint density at radius 3 is 2.52 bits per heavy atom. The molecule has 21 heavy (non-hydrogen) atoms. The molecule has 110 valence electrons. The maximum absolute atomic E-state index is 11.9. The number of hydrogen-bond donors (Lipinski definition) is 2. The van der Waals surface area contributed by atoms with Crippen molar-refractivity contribution in [1.29, 1.82) is 0 Å². The summed E-state index contributed by atoms with van der Waals surface area (Å²) >= 11 is 8.95. The molecule has 0 heterocycles. The van der Waals surface area contributed by atoms with Gasteiger partial charge in [0.25, 0.3) is 10.0 Å². The molecule has 0 amide bonds. The van der Waals surface area contributed by atoms with E-state index in [2.05, 4.69) is 25.9 Å². The second-order valence-corrected chi connectivity index (χ2v) is 7.02. The second-order valence-electron chi connectivity index (χ2n) is 4.01. The predicted octanol–water partition coefficient (Wildman–Crippen LogP) is 3.12. The number of rotatable bonds is 4. The maximum atomic E-state index is 11.9. The molecule has 8 heteroatoms. The topological polar surface area (TPSA) is 78.8 Å². The molecular formula is C13H10BrClN2O3S. The van der Waals surface area contributed by atoms with Crippen molar-refractivity contribution in [3.05, 3.63) is 57.5 Å². The molecule has 0 fully saturated rings. The highest BCUT2D eigenvalue weighted by molar-refractivity contribution is 9.10. The van der Waals surface area contributed by atoms with Gasteiger partial charge in [-0.05, 0) is 42.5 Å². The summed E-state index contributed by atoms with van der Waals surface area (Å²) in [4.78, 5) is 2.11. The Hall–Kier alpha value is -1.57. The van der Waals surface area contributed by atoms with Gasteiger partial charge in [0.15, 0.2) is 0 Å². The van der Waals surface area contributed by atoms with Crippen molar-refractivity contribution in [2.45, 2.75) is 4.90 Å². The fourth-order valence-electron chi connectivity index (χ4n) is 1.46. The molecule has 0 atom stereocenters. The van der Waals surface area contributed by atoms with Crippen molar-refractivity contribution in [1.82, 2.24) is 4.83 Å². The van der Waals surface area contributed by atoms with Crippen LogP contribution in [0, 0.1) is 0 Å². The zero-order chi connectivity index (χ0) is 15.5. The zero-order valence-corrected chi connectivity index (χ0v) is 13.7. The molecule has 5 nitrogen and oxygen atoms in total. The first-order valence-electron chi connectivity index (χ1n) is 5.67. The van der Waals surface area contributed by atoms with E-state index in [0.29, 0.717) is 10.6 Å². The predicted molar refractivity (Wildman–Crippen MR) is 85.2 cm³/mol. The van der Waals surface area contributed by atoms with E-state index in [1.54, 1.807) is 12.1 Å². The molecule has 0 saturated carbocycles. The third-order valence-electron chi connectivity index (χ3n) is 2.49. The van der Waals surface area contributed by atoms with Crippen LogP contribution in [0.25, 0.3) is 0 Å². The highest BCUT2D eigenvalue weighted by atomic mass is 79.9. The number of aromatic hydroxyl groups is 1. The Kier molecular flexibility index (Phi) is 4.87. The van der Waals surface area contributed by atoms with Gasteiger partial charge in [-0.15, -0.1) is 0 Å². The fraction of sp³-hybridized carbons (Fsp3) is 0. The molecule has 0 unspecified atom stereocenters. The van der Waals surface area contributed by atoms with E-state index >= 15 is 0 Å². The summed E-state index contributed by atoms with van der Waals surface area (Å²) in [5.41, 5.74) is 0.378. The Bertz CT molecular complexity index is 777. The second kappa shape index (κ2) is 6.46. The number of benzene rings is 2. The first-order chi connectivity index (χ1) is 9.88. The molecule has 0 bridgehead atoms. The monoisotopic (exact) mass is 388 g/mol. The molecule has 2 aromatic rings. The van der Waals surface area contributed by atoms with Crippen molar-refractivity contribution in [3.63, 3.8) is 0 Å². The van der Waals surface area contributed by atoms with Crippen LogP contribution in [-0.4, -0.2) is 19.7 Å². The lowest BCUT2D eigenvalue weighted by Crippen LogP contribution is -2.18. The molecule has 0 radical (unpaired) electrons. The Morgan fingerprint density at radius 1 is 1.19 bits per heavy atom. The number of hydrogen-bond acceptors (Lipinski definition) is 4. The van der Waals surface area contributed by atoms with Gasteiger partial charge < -0.3 is 5.11 Å². The molecule has 2 N–H and O–H groups in total. The Morgan fingerprint density at radius 2 is 1.86 bits per heavy atom. The van der Waals surface area contributed by atoms with Crippen LogP contribution in [-0.2, 0) is 10.0 Å². The van der Waals surface area contributed by atoms with E-state index in [0.717, 1.165) is 4.47 Å². The minimum absolute atomic E-state index is 0.00681. The molecule has 2 rings (SSSR count). The van der Waals surface area contributed by atoms with Gasteiger partial charge in [0, 0.05) is 15.1 Å². The quantitative estimate of drug-likeness (QED) is 0.623. The van der Waals surface area contributed by atoms with Crippen LogP contribution >= 0.6 is 27.5 Å². The van der Waals surface area contributed by atoms with E-state index in [-0.39, 0.29) is 10.6 Å². The molecule has 0 saturated heterocycles. The lowest BCUT2D eigenvalue weighted by Gasteiger charge is -2.03. The van der Waals surface area contributed by atoms with Gasteiger partial charge in [-0.1, -0.05) is 27.5 Å². The van der Waals surface area contributed by atoms with E-state index in [9.17, 15) is 13.5 Å². The van der Waals surface area contributed by atoms with Crippen LogP contribution in [0.1, 0.15) is 5.56 Å². The average Bonchev–Trinajstić information content (AvgIpc) is 2.43. The smallest absolute Gasteiger partial charge is 0.276 e. The van der Waals surface area contributed by atoms with E-state index in [1.165, 1.54) is 36.5 Å². The normalized spacial score (nSPS) is 11.7. The van der Waals surface area contributed by atoms with Crippen LogP contribution in [0.5, 0.6) is 5.75 Å². The Balaban J connectivity index is 2.16. The SMILES string of the molecule is O=S(=O)(NN=Cc1cc(Br)ccc1O)c1ccc(Cl)cc1. The molecule has 0 spiro atoms. The van der Waals surface area contributed by atoms with Crippen molar-refractivity contribution >= 4 is 43.8 Å². The molecule has 0 aliphatic heterocycles. The number of hydrazone groups is 1. The van der Waals surface area contributed by atoms with Crippen LogP contribution in [0.15, 0.2) is 56.9 Å². The summed E-state index contributed by atoms with van der Waals surface area (Å²) in [6, 6.07) is 10.4. The fourth-order valence-corrected chi connectivity index (χ4v) is 2.76. The van der Waals surface area contributed by atoms with Crippen LogP contribution in [0.4, 0.5) is 0 Å². The number of phenols is 1. The minimum Gasteiger partial charge on any atom is -0.507 e. The summed E-state index contributed by atoms with van der Waals surface area (Å²) < 4.78 is 24.6. The average molecular weight is 390 g/mol. The maximum Gasteiger partial charge on any atom is 0.276 e. The first kappa shape index (κ1) is 15.8. The highest BCUT2D eigenvalue weighted by Gasteiger charge is 2.12. The number of halogens is 2. The Labute approximate surface area is 135 Å². The van der Waals surface area contributed by atoms with E-state index < -0.39 is 10.0 Å². The standard InChI is InChI=1S/C13H10BrClN2O3S/c14-10-1-6-13(18)9(7-10)8-16-17-21(19,20)12-4-2-11(15)3-5-12/h1-8,17-18H. The van der Waals surface area contributed by atoms with E-state index in [4.69, 9.17) is 11.6 Å². The van der Waals surface area contributed by atoms with Gasteiger partial charge >= 0.3 is 0 Å². The first-order valence-corrected chi connectivity index (χ1v) is 8.33. The summed E-state index contributed by atoms with van der Waals surface area (Å²) in [5.74, 6) is -0.00681. The van der Waals surface area contributed by atoms with Crippen molar-refractivity contribution in [3.8, 4) is 5.75 Å². The summed E-state index contributed by atoms with van der Waals surface area (Å²) in [6.07, 6.45) is 1.22. The zero-order valence-electron chi connectivity index (χ0n) is 10.5.